The second-order valence-corrected chi connectivity index (χ2v) is 3.91. The van der Waals surface area contributed by atoms with Gasteiger partial charge in [0, 0.05) is 12.5 Å². The van der Waals surface area contributed by atoms with Crippen LogP contribution in [0.25, 0.3) is 0 Å². The first-order valence-electron chi connectivity index (χ1n) is 5.50. The minimum absolute atomic E-state index is 0.217. The molecule has 5 heteroatoms. The Morgan fingerprint density at radius 3 is 3.13 bits per heavy atom. The van der Waals surface area contributed by atoms with Crippen LogP contribution in [0, 0.1) is 0 Å². The molecule has 5 nitrogen and oxygen atoms in total. The highest BCUT2D eigenvalue weighted by atomic mass is 16.5. The van der Waals surface area contributed by atoms with Crippen LogP contribution in [0.2, 0.25) is 0 Å². The van der Waals surface area contributed by atoms with Crippen LogP contribution in [0.5, 0.6) is 0 Å². The van der Waals surface area contributed by atoms with Gasteiger partial charge in [-0.3, -0.25) is 4.90 Å². The summed E-state index contributed by atoms with van der Waals surface area (Å²) < 4.78 is 5.13. The molecule has 1 aromatic heterocycles. The van der Waals surface area contributed by atoms with Crippen molar-refractivity contribution in [3.05, 3.63) is 11.7 Å². The lowest BCUT2D eigenvalue weighted by Crippen LogP contribution is -2.31. The zero-order valence-corrected chi connectivity index (χ0v) is 9.02. The van der Waals surface area contributed by atoms with Crippen molar-refractivity contribution in [2.24, 2.45) is 0 Å². The molecule has 1 aromatic rings. The van der Waals surface area contributed by atoms with Crippen molar-refractivity contribution in [1.29, 1.82) is 0 Å². The maximum absolute atomic E-state index is 9.16. The first-order chi connectivity index (χ1) is 7.33. The van der Waals surface area contributed by atoms with Crippen molar-refractivity contribution in [2.75, 3.05) is 13.2 Å². The molecule has 0 spiro atoms. The first kappa shape index (κ1) is 10.6. The predicted molar refractivity (Wildman–Crippen MR) is 54.2 cm³/mol. The minimum atomic E-state index is 0.217. The molecule has 0 saturated carbocycles. The Balaban J connectivity index is 1.95. The molecule has 0 bridgehead atoms. The van der Waals surface area contributed by atoms with E-state index in [9.17, 15) is 0 Å². The second-order valence-electron chi connectivity index (χ2n) is 3.91. The van der Waals surface area contributed by atoms with E-state index in [-0.39, 0.29) is 12.6 Å². The van der Waals surface area contributed by atoms with Crippen LogP contribution in [0.15, 0.2) is 4.52 Å². The van der Waals surface area contributed by atoms with Gasteiger partial charge in [-0.2, -0.15) is 4.98 Å². The Morgan fingerprint density at radius 2 is 2.47 bits per heavy atom. The van der Waals surface area contributed by atoms with Crippen LogP contribution < -0.4 is 0 Å². The standard InChI is InChI=1S/C10H17N3O2/c1-2-9-11-10(15-12-9)6-13-5-3-4-8(13)7-14/h8,14H,2-7H2,1H3/t8-/m0/s1. The number of rotatable bonds is 4. The molecule has 2 rings (SSSR count). The maximum atomic E-state index is 9.16. The molecule has 0 aliphatic carbocycles. The molecule has 1 aliphatic rings. The Morgan fingerprint density at radius 1 is 1.60 bits per heavy atom. The van der Waals surface area contributed by atoms with E-state index in [0.29, 0.717) is 12.4 Å². The lowest BCUT2D eigenvalue weighted by Gasteiger charge is -2.20. The summed E-state index contributed by atoms with van der Waals surface area (Å²) in [4.78, 5) is 6.46. The van der Waals surface area contributed by atoms with Gasteiger partial charge in [0.15, 0.2) is 5.82 Å². The topological polar surface area (TPSA) is 62.4 Å². The van der Waals surface area contributed by atoms with Crippen molar-refractivity contribution in [3.63, 3.8) is 0 Å². The number of aliphatic hydroxyl groups is 1. The summed E-state index contributed by atoms with van der Waals surface area (Å²) in [6, 6.07) is 0.266. The highest BCUT2D eigenvalue weighted by molar-refractivity contribution is 4.88. The predicted octanol–water partition coefficient (Wildman–Crippen LogP) is 0.589. The fourth-order valence-electron chi connectivity index (χ4n) is 1.98. The van der Waals surface area contributed by atoms with Gasteiger partial charge in [0.1, 0.15) is 0 Å². The summed E-state index contributed by atoms with van der Waals surface area (Å²) in [6.45, 7) is 3.89. The molecule has 1 fully saturated rings. The van der Waals surface area contributed by atoms with E-state index in [1.165, 1.54) is 0 Å². The van der Waals surface area contributed by atoms with Crippen molar-refractivity contribution in [1.82, 2.24) is 15.0 Å². The monoisotopic (exact) mass is 211 g/mol. The van der Waals surface area contributed by atoms with Crippen molar-refractivity contribution < 1.29 is 9.63 Å². The lowest BCUT2D eigenvalue weighted by molar-refractivity contribution is 0.141. The zero-order valence-electron chi connectivity index (χ0n) is 9.02. The van der Waals surface area contributed by atoms with Crippen molar-refractivity contribution in [2.45, 2.75) is 38.8 Å². The van der Waals surface area contributed by atoms with Gasteiger partial charge in [-0.25, -0.2) is 0 Å². The average Bonchev–Trinajstić information content (AvgIpc) is 2.87. The van der Waals surface area contributed by atoms with Crippen LogP contribution in [0.3, 0.4) is 0 Å². The van der Waals surface area contributed by atoms with Gasteiger partial charge < -0.3 is 9.63 Å². The molecule has 1 saturated heterocycles. The summed E-state index contributed by atoms with van der Waals surface area (Å²) in [5.41, 5.74) is 0. The summed E-state index contributed by atoms with van der Waals surface area (Å²) in [5, 5.41) is 13.0. The normalized spacial score (nSPS) is 22.4. The zero-order chi connectivity index (χ0) is 10.7. The molecule has 0 aromatic carbocycles. The summed E-state index contributed by atoms with van der Waals surface area (Å²) in [6.07, 6.45) is 3.00. The number of nitrogens with zero attached hydrogens (tertiary/aromatic N) is 3. The van der Waals surface area contributed by atoms with Gasteiger partial charge in [0.2, 0.25) is 5.89 Å². The minimum Gasteiger partial charge on any atom is -0.395 e. The number of hydrogen-bond donors (Lipinski definition) is 1. The lowest BCUT2D eigenvalue weighted by atomic mass is 10.2. The molecular weight excluding hydrogens is 194 g/mol. The average molecular weight is 211 g/mol. The Kier molecular flexibility index (Phi) is 3.33. The third-order valence-electron chi connectivity index (χ3n) is 2.87. The largest absolute Gasteiger partial charge is 0.395 e. The quantitative estimate of drug-likeness (QED) is 0.789. The second kappa shape index (κ2) is 4.72. The van der Waals surface area contributed by atoms with Gasteiger partial charge in [0.25, 0.3) is 0 Å². The number of aromatic nitrogens is 2. The molecule has 1 atom stereocenters. The molecule has 1 aliphatic heterocycles. The van der Waals surface area contributed by atoms with Crippen LogP contribution in [-0.2, 0) is 13.0 Å². The number of hydrogen-bond acceptors (Lipinski definition) is 5. The summed E-state index contributed by atoms with van der Waals surface area (Å²) >= 11 is 0. The number of aliphatic hydroxyl groups excluding tert-OH is 1. The van der Waals surface area contributed by atoms with E-state index in [2.05, 4.69) is 15.0 Å². The molecule has 0 unspecified atom stereocenters. The third-order valence-corrected chi connectivity index (χ3v) is 2.87. The first-order valence-corrected chi connectivity index (χ1v) is 5.50. The molecule has 2 heterocycles. The molecular formula is C10H17N3O2. The molecule has 0 radical (unpaired) electrons. The van der Waals surface area contributed by atoms with Crippen LogP contribution >= 0.6 is 0 Å². The fraction of sp³-hybridized carbons (Fsp3) is 0.800. The van der Waals surface area contributed by atoms with Crippen LogP contribution in [0.1, 0.15) is 31.5 Å². The number of aryl methyl sites for hydroxylation is 1. The van der Waals surface area contributed by atoms with Gasteiger partial charge in [-0.05, 0) is 19.4 Å². The SMILES string of the molecule is CCc1noc(CN2CCC[C@H]2CO)n1. The van der Waals surface area contributed by atoms with Gasteiger partial charge in [-0.1, -0.05) is 12.1 Å². The van der Waals surface area contributed by atoms with Gasteiger partial charge in [0.05, 0.1) is 13.2 Å². The third kappa shape index (κ3) is 2.35. The van der Waals surface area contributed by atoms with E-state index >= 15 is 0 Å². The molecule has 84 valence electrons. The Labute approximate surface area is 89.1 Å². The Hall–Kier alpha value is -0.940. The smallest absolute Gasteiger partial charge is 0.240 e. The van der Waals surface area contributed by atoms with E-state index in [1.54, 1.807) is 0 Å². The van der Waals surface area contributed by atoms with Gasteiger partial charge >= 0.3 is 0 Å². The highest BCUT2D eigenvalue weighted by Crippen LogP contribution is 2.18. The summed E-state index contributed by atoms with van der Waals surface area (Å²) in [5.74, 6) is 1.41. The summed E-state index contributed by atoms with van der Waals surface area (Å²) in [7, 11) is 0. The maximum Gasteiger partial charge on any atom is 0.240 e. The fourth-order valence-corrected chi connectivity index (χ4v) is 1.98. The molecule has 1 N–H and O–H groups in total. The van der Waals surface area contributed by atoms with E-state index in [1.807, 2.05) is 6.92 Å². The molecule has 0 amide bonds. The molecule has 15 heavy (non-hydrogen) atoms. The van der Waals surface area contributed by atoms with E-state index < -0.39 is 0 Å². The van der Waals surface area contributed by atoms with Crippen molar-refractivity contribution in [3.8, 4) is 0 Å². The van der Waals surface area contributed by atoms with Gasteiger partial charge in [-0.15, -0.1) is 0 Å². The van der Waals surface area contributed by atoms with Crippen LogP contribution in [0.4, 0.5) is 0 Å². The van der Waals surface area contributed by atoms with Crippen molar-refractivity contribution >= 4 is 0 Å². The van der Waals surface area contributed by atoms with E-state index in [4.69, 9.17) is 9.63 Å². The number of likely N-dealkylation sites (tertiary alicyclic amines) is 1. The van der Waals surface area contributed by atoms with E-state index in [0.717, 1.165) is 31.6 Å². The van der Waals surface area contributed by atoms with Crippen LogP contribution in [-0.4, -0.2) is 39.3 Å². The Bertz CT molecular complexity index is 313. The highest BCUT2D eigenvalue weighted by Gasteiger charge is 2.25.